The van der Waals surface area contributed by atoms with Crippen molar-refractivity contribution in [3.05, 3.63) is 70.8 Å². The summed E-state index contributed by atoms with van der Waals surface area (Å²) in [7, 11) is 0. The molecule has 0 radical (unpaired) electrons. The number of hydrogen-bond donors (Lipinski definition) is 0. The van der Waals surface area contributed by atoms with Gasteiger partial charge < -0.3 is 0 Å². The maximum atomic E-state index is 6.59. The lowest BCUT2D eigenvalue weighted by molar-refractivity contribution is 0.733. The highest BCUT2D eigenvalue weighted by molar-refractivity contribution is 6.22. The third kappa shape index (κ3) is 3.43. The van der Waals surface area contributed by atoms with Crippen LogP contribution in [-0.2, 0) is 6.42 Å². The Morgan fingerprint density at radius 1 is 0.800 bits per heavy atom. The second kappa shape index (κ2) is 6.95. The van der Waals surface area contributed by atoms with E-state index in [1.54, 1.807) is 0 Å². The van der Waals surface area contributed by atoms with E-state index in [-0.39, 0.29) is 5.38 Å². The Morgan fingerprint density at radius 3 is 1.70 bits per heavy atom. The van der Waals surface area contributed by atoms with Crippen LogP contribution in [-0.4, -0.2) is 0 Å². The molecule has 2 unspecified atom stereocenters. The van der Waals surface area contributed by atoms with Gasteiger partial charge >= 0.3 is 0 Å². The number of hydrogen-bond acceptors (Lipinski definition) is 0. The van der Waals surface area contributed by atoms with Crippen LogP contribution in [0.1, 0.15) is 60.7 Å². The Kier molecular flexibility index (Phi) is 5.25. The molecule has 0 amide bonds. The lowest BCUT2D eigenvalue weighted by Crippen LogP contribution is -1.96. The van der Waals surface area contributed by atoms with Gasteiger partial charge in [0.05, 0.1) is 5.38 Å². The fourth-order valence-electron chi connectivity index (χ4n) is 2.34. The molecule has 0 nitrogen and oxygen atoms in total. The van der Waals surface area contributed by atoms with Crippen LogP contribution < -0.4 is 0 Å². The third-order valence-electron chi connectivity index (χ3n) is 4.09. The Hall–Kier alpha value is -1.27. The van der Waals surface area contributed by atoms with Crippen LogP contribution >= 0.6 is 11.6 Å². The molecule has 0 aliphatic carbocycles. The second-order valence-electron chi connectivity index (χ2n) is 5.43. The van der Waals surface area contributed by atoms with E-state index in [1.807, 2.05) is 0 Å². The molecule has 2 aromatic carbocycles. The predicted molar refractivity (Wildman–Crippen MR) is 88.7 cm³/mol. The van der Waals surface area contributed by atoms with E-state index in [2.05, 4.69) is 69.3 Å². The molecule has 0 bridgehead atoms. The normalized spacial score (nSPS) is 14.0. The second-order valence-corrected chi connectivity index (χ2v) is 5.87. The van der Waals surface area contributed by atoms with Gasteiger partial charge in [0.1, 0.15) is 0 Å². The number of rotatable bonds is 5. The van der Waals surface area contributed by atoms with E-state index in [0.717, 1.165) is 6.42 Å². The maximum Gasteiger partial charge on any atom is 0.0835 e. The van der Waals surface area contributed by atoms with Crippen molar-refractivity contribution in [3.8, 4) is 0 Å². The van der Waals surface area contributed by atoms with Gasteiger partial charge in [0.2, 0.25) is 0 Å². The van der Waals surface area contributed by atoms with Crippen LogP contribution in [0.2, 0.25) is 0 Å². The molecule has 0 heterocycles. The average Bonchev–Trinajstić information content (AvgIpc) is 2.53. The number of halogens is 1. The van der Waals surface area contributed by atoms with E-state index in [1.165, 1.54) is 28.7 Å². The van der Waals surface area contributed by atoms with Crippen LogP contribution in [0.15, 0.2) is 48.5 Å². The summed E-state index contributed by atoms with van der Waals surface area (Å²) in [6.45, 7) is 6.65. The molecule has 0 saturated carbocycles. The van der Waals surface area contributed by atoms with Gasteiger partial charge in [0.15, 0.2) is 0 Å². The van der Waals surface area contributed by atoms with Crippen molar-refractivity contribution < 1.29 is 0 Å². The topological polar surface area (TPSA) is 0 Å². The summed E-state index contributed by atoms with van der Waals surface area (Å²) < 4.78 is 0. The van der Waals surface area contributed by atoms with Gasteiger partial charge in [-0.05, 0) is 41.0 Å². The summed E-state index contributed by atoms with van der Waals surface area (Å²) in [6.07, 6.45) is 2.24. The fourth-order valence-corrected chi connectivity index (χ4v) is 2.63. The van der Waals surface area contributed by atoms with Crippen molar-refractivity contribution in [2.45, 2.75) is 44.9 Å². The summed E-state index contributed by atoms with van der Waals surface area (Å²) in [6, 6.07) is 17.3. The lowest BCUT2D eigenvalue weighted by atomic mass is 9.95. The summed E-state index contributed by atoms with van der Waals surface area (Å²) in [5.41, 5.74) is 5.08. The first kappa shape index (κ1) is 15.1. The van der Waals surface area contributed by atoms with E-state index >= 15 is 0 Å². The van der Waals surface area contributed by atoms with Gasteiger partial charge in [0.25, 0.3) is 0 Å². The minimum atomic E-state index is -0.0631. The Morgan fingerprint density at radius 2 is 1.25 bits per heavy atom. The molecule has 0 aliphatic heterocycles. The van der Waals surface area contributed by atoms with Crippen molar-refractivity contribution >= 4 is 11.6 Å². The van der Waals surface area contributed by atoms with Crippen molar-refractivity contribution in [1.29, 1.82) is 0 Å². The molecule has 0 saturated heterocycles. The van der Waals surface area contributed by atoms with Crippen LogP contribution in [0.4, 0.5) is 0 Å². The summed E-state index contributed by atoms with van der Waals surface area (Å²) in [4.78, 5) is 0. The Labute approximate surface area is 127 Å². The maximum absolute atomic E-state index is 6.59. The molecule has 20 heavy (non-hydrogen) atoms. The van der Waals surface area contributed by atoms with Crippen LogP contribution in [0.5, 0.6) is 0 Å². The molecule has 0 aliphatic rings. The highest BCUT2D eigenvalue weighted by Gasteiger charge is 2.11. The van der Waals surface area contributed by atoms with Gasteiger partial charge in [-0.3, -0.25) is 0 Å². The van der Waals surface area contributed by atoms with Crippen molar-refractivity contribution in [2.24, 2.45) is 0 Å². The first-order chi connectivity index (χ1) is 9.65. The van der Waals surface area contributed by atoms with Crippen molar-refractivity contribution in [2.75, 3.05) is 0 Å². The Balaban J connectivity index is 2.17. The van der Waals surface area contributed by atoms with E-state index in [0.29, 0.717) is 5.92 Å². The minimum Gasteiger partial charge on any atom is -0.113 e. The average molecular weight is 287 g/mol. The van der Waals surface area contributed by atoms with Gasteiger partial charge in [-0.15, -0.1) is 11.6 Å². The van der Waals surface area contributed by atoms with Crippen molar-refractivity contribution in [1.82, 2.24) is 0 Å². The van der Waals surface area contributed by atoms with Gasteiger partial charge in [-0.2, -0.15) is 0 Å². The molecular formula is C19H23Cl. The van der Waals surface area contributed by atoms with Gasteiger partial charge in [0, 0.05) is 0 Å². The van der Waals surface area contributed by atoms with Gasteiger partial charge in [-0.1, -0.05) is 69.3 Å². The molecule has 2 rings (SSSR count). The fraction of sp³-hybridized carbons (Fsp3) is 0.368. The molecule has 2 aromatic rings. The smallest absolute Gasteiger partial charge is 0.0835 e. The first-order valence-electron chi connectivity index (χ1n) is 7.48. The molecule has 0 aromatic heterocycles. The molecule has 2 atom stereocenters. The van der Waals surface area contributed by atoms with E-state index in [9.17, 15) is 0 Å². The van der Waals surface area contributed by atoms with Gasteiger partial charge in [-0.25, -0.2) is 0 Å². The number of benzene rings is 2. The van der Waals surface area contributed by atoms with Crippen LogP contribution in [0, 0.1) is 0 Å². The highest BCUT2D eigenvalue weighted by atomic mass is 35.5. The highest BCUT2D eigenvalue weighted by Crippen LogP contribution is 2.30. The molecule has 0 spiro atoms. The molecular weight excluding hydrogens is 264 g/mol. The first-order valence-corrected chi connectivity index (χ1v) is 7.92. The molecule has 0 fully saturated rings. The predicted octanol–water partition coefficient (Wildman–Crippen LogP) is 6.09. The zero-order valence-corrected chi connectivity index (χ0v) is 13.3. The van der Waals surface area contributed by atoms with E-state index in [4.69, 9.17) is 11.6 Å². The summed E-state index contributed by atoms with van der Waals surface area (Å²) >= 11 is 6.59. The zero-order valence-electron chi connectivity index (χ0n) is 12.6. The zero-order chi connectivity index (χ0) is 14.5. The monoisotopic (exact) mass is 286 g/mol. The lowest BCUT2D eigenvalue weighted by Gasteiger charge is -2.14. The molecule has 0 N–H and O–H groups in total. The number of alkyl halides is 1. The number of aryl methyl sites for hydroxylation is 1. The Bertz CT molecular complexity index is 525. The van der Waals surface area contributed by atoms with Crippen molar-refractivity contribution in [3.63, 3.8) is 0 Å². The SMILES string of the molecule is CCc1ccc(C(Cl)c2ccc(C(C)CC)cc2)cc1. The minimum absolute atomic E-state index is 0.0631. The molecule has 106 valence electrons. The molecule has 1 heteroatoms. The summed E-state index contributed by atoms with van der Waals surface area (Å²) in [5.74, 6) is 0.613. The quantitative estimate of drug-likeness (QED) is 0.583. The van der Waals surface area contributed by atoms with Crippen LogP contribution in [0.25, 0.3) is 0 Å². The third-order valence-corrected chi connectivity index (χ3v) is 4.60. The van der Waals surface area contributed by atoms with Crippen LogP contribution in [0.3, 0.4) is 0 Å². The van der Waals surface area contributed by atoms with E-state index < -0.39 is 0 Å². The standard InChI is InChI=1S/C19H23Cl/c1-4-14(3)16-10-12-18(13-11-16)19(20)17-8-6-15(5-2)7-9-17/h6-14,19H,4-5H2,1-3H3. The largest absolute Gasteiger partial charge is 0.113 e. The summed E-state index contributed by atoms with van der Waals surface area (Å²) in [5, 5.41) is -0.0631.